The predicted octanol–water partition coefficient (Wildman–Crippen LogP) is 3.62. The highest BCUT2D eigenvalue weighted by Gasteiger charge is 2.28. The fraction of sp³-hybridized carbons (Fsp3) is 0.682. The van der Waals surface area contributed by atoms with E-state index < -0.39 is 17.7 Å². The summed E-state index contributed by atoms with van der Waals surface area (Å²) in [6.07, 6.45) is 13.1. The number of terminal acetylenes is 1. The standard InChI is InChI=1S/C10H17NO3.C8H15NO2.C2H6.C2H2/c1-5-6-8(7-12)11-9(13)14-10(2,3)4;1-3-6-4-5-7(9-6)8(10)11-2;2*1-2/h5,7-8H,1,6H2,2-4H3,(H,11,13);6-7,9H,3-5H2,1-2H3;1-2H3;1-2H. The number of rotatable bonds is 6. The third-order valence-electron chi connectivity index (χ3n) is 3.51. The quantitative estimate of drug-likeness (QED) is 0.299. The summed E-state index contributed by atoms with van der Waals surface area (Å²) < 4.78 is 9.60. The average Bonchev–Trinajstić information content (AvgIpc) is 3.18. The van der Waals surface area contributed by atoms with Gasteiger partial charge in [-0.1, -0.05) is 26.8 Å². The van der Waals surface area contributed by atoms with Crippen molar-refractivity contribution in [2.24, 2.45) is 0 Å². The Hall–Kier alpha value is -2.33. The van der Waals surface area contributed by atoms with Gasteiger partial charge in [0.05, 0.1) is 13.2 Å². The normalized spacial score (nSPS) is 18.0. The summed E-state index contributed by atoms with van der Waals surface area (Å²) in [6, 6.07) is -0.0913. The second-order valence-corrected chi connectivity index (χ2v) is 6.84. The molecule has 2 N–H and O–H groups in total. The van der Waals surface area contributed by atoms with Crippen LogP contribution in [0.25, 0.3) is 0 Å². The summed E-state index contributed by atoms with van der Waals surface area (Å²) in [7, 11) is 1.43. The Bertz CT molecular complexity index is 483. The average molecular weight is 413 g/mol. The van der Waals surface area contributed by atoms with Gasteiger partial charge in [-0.2, -0.15) is 0 Å². The summed E-state index contributed by atoms with van der Waals surface area (Å²) in [4.78, 5) is 32.6. The first-order valence-corrected chi connectivity index (χ1v) is 9.89. The van der Waals surface area contributed by atoms with Crippen LogP contribution >= 0.6 is 0 Å². The molecule has 0 aromatic heterocycles. The lowest BCUT2D eigenvalue weighted by Crippen LogP contribution is -2.39. The van der Waals surface area contributed by atoms with Gasteiger partial charge >= 0.3 is 12.1 Å². The lowest BCUT2D eigenvalue weighted by atomic mass is 10.1. The molecule has 0 aromatic rings. The van der Waals surface area contributed by atoms with Gasteiger partial charge in [0.15, 0.2) is 0 Å². The van der Waals surface area contributed by atoms with Crippen LogP contribution in [0.4, 0.5) is 4.79 Å². The van der Waals surface area contributed by atoms with Crippen LogP contribution in [0.5, 0.6) is 0 Å². The molecule has 1 fully saturated rings. The number of alkyl carbamates (subject to hydrolysis) is 1. The van der Waals surface area contributed by atoms with E-state index in [1.54, 1.807) is 26.8 Å². The van der Waals surface area contributed by atoms with Gasteiger partial charge in [-0.05, 0) is 46.5 Å². The zero-order chi connectivity index (χ0) is 23.5. The van der Waals surface area contributed by atoms with Gasteiger partial charge in [-0.15, -0.1) is 19.4 Å². The van der Waals surface area contributed by atoms with Crippen molar-refractivity contribution in [2.45, 2.75) is 91.0 Å². The first-order valence-electron chi connectivity index (χ1n) is 9.89. The Morgan fingerprint density at radius 2 is 1.83 bits per heavy atom. The molecule has 1 heterocycles. The molecule has 0 aliphatic carbocycles. The predicted molar refractivity (Wildman–Crippen MR) is 118 cm³/mol. The van der Waals surface area contributed by atoms with Crippen molar-refractivity contribution in [3.63, 3.8) is 0 Å². The second kappa shape index (κ2) is 19.0. The highest BCUT2D eigenvalue weighted by molar-refractivity contribution is 5.76. The van der Waals surface area contributed by atoms with Crippen molar-refractivity contribution in [1.29, 1.82) is 0 Å². The summed E-state index contributed by atoms with van der Waals surface area (Å²) in [5.41, 5.74) is -0.550. The summed E-state index contributed by atoms with van der Waals surface area (Å²) >= 11 is 0. The van der Waals surface area contributed by atoms with Gasteiger partial charge in [0.1, 0.15) is 17.9 Å². The molecule has 0 aromatic carbocycles. The molecular weight excluding hydrogens is 372 g/mol. The fourth-order valence-corrected chi connectivity index (χ4v) is 2.26. The molecule has 0 saturated carbocycles. The van der Waals surface area contributed by atoms with E-state index in [-0.39, 0.29) is 12.0 Å². The third kappa shape index (κ3) is 17.5. The van der Waals surface area contributed by atoms with Gasteiger partial charge in [-0.3, -0.25) is 4.79 Å². The third-order valence-corrected chi connectivity index (χ3v) is 3.51. The highest BCUT2D eigenvalue weighted by Crippen LogP contribution is 2.15. The Balaban J connectivity index is -0.000000403. The minimum atomic E-state index is -0.587. The Morgan fingerprint density at radius 1 is 1.28 bits per heavy atom. The molecule has 29 heavy (non-hydrogen) atoms. The van der Waals surface area contributed by atoms with E-state index in [1.165, 1.54) is 7.11 Å². The van der Waals surface area contributed by atoms with E-state index in [0.29, 0.717) is 18.7 Å². The molecular formula is C22H40N2O5. The number of methoxy groups -OCH3 is 1. The SMILES string of the molecule is C#C.C=CCC(C=O)NC(=O)OC(C)(C)C.CC.CCC1CCC(C(=O)OC)N1. The van der Waals surface area contributed by atoms with Crippen molar-refractivity contribution < 1.29 is 23.9 Å². The van der Waals surface area contributed by atoms with E-state index in [1.807, 2.05) is 13.8 Å². The van der Waals surface area contributed by atoms with Crippen LogP contribution < -0.4 is 10.6 Å². The van der Waals surface area contributed by atoms with Crippen molar-refractivity contribution in [1.82, 2.24) is 10.6 Å². The van der Waals surface area contributed by atoms with E-state index >= 15 is 0 Å². The molecule has 7 heteroatoms. The van der Waals surface area contributed by atoms with Crippen LogP contribution in [0.15, 0.2) is 12.7 Å². The van der Waals surface area contributed by atoms with Gasteiger partial charge in [-0.25, -0.2) is 4.79 Å². The number of carbonyl (C=O) groups is 3. The number of ether oxygens (including phenoxy) is 2. The first-order chi connectivity index (χ1) is 13.7. The Morgan fingerprint density at radius 3 is 2.17 bits per heavy atom. The molecule has 0 spiro atoms. The van der Waals surface area contributed by atoms with Gasteiger partial charge in [0.25, 0.3) is 0 Å². The largest absolute Gasteiger partial charge is 0.468 e. The molecule has 168 valence electrons. The van der Waals surface area contributed by atoms with Crippen LogP contribution in [0.1, 0.15) is 67.2 Å². The van der Waals surface area contributed by atoms with E-state index in [0.717, 1.165) is 19.3 Å². The van der Waals surface area contributed by atoms with Gasteiger partial charge in [0, 0.05) is 6.04 Å². The number of hydrogen-bond acceptors (Lipinski definition) is 6. The monoisotopic (exact) mass is 412 g/mol. The highest BCUT2D eigenvalue weighted by atomic mass is 16.6. The number of nitrogens with one attached hydrogen (secondary N) is 2. The van der Waals surface area contributed by atoms with E-state index in [4.69, 9.17) is 4.74 Å². The van der Waals surface area contributed by atoms with Crippen molar-refractivity contribution >= 4 is 18.3 Å². The van der Waals surface area contributed by atoms with Crippen LogP contribution in [0.2, 0.25) is 0 Å². The Labute approximate surface area is 177 Å². The maximum atomic E-state index is 11.2. The Kier molecular flexibility index (Phi) is 20.6. The molecule has 1 rings (SSSR count). The van der Waals surface area contributed by atoms with Gasteiger partial charge < -0.3 is 24.9 Å². The molecule has 7 nitrogen and oxygen atoms in total. The topological polar surface area (TPSA) is 93.7 Å². The lowest BCUT2D eigenvalue weighted by molar-refractivity contribution is -0.142. The van der Waals surface area contributed by atoms with Crippen LogP contribution in [-0.2, 0) is 19.1 Å². The molecule has 0 bridgehead atoms. The molecule has 1 amide bonds. The van der Waals surface area contributed by atoms with Gasteiger partial charge in [0.2, 0.25) is 0 Å². The number of amides is 1. The zero-order valence-corrected chi connectivity index (χ0v) is 19.1. The lowest BCUT2D eigenvalue weighted by Gasteiger charge is -2.21. The van der Waals surface area contributed by atoms with E-state index in [2.05, 4.69) is 41.7 Å². The van der Waals surface area contributed by atoms with Crippen LogP contribution in [-0.4, -0.2) is 49.2 Å². The minimum Gasteiger partial charge on any atom is -0.468 e. The number of aldehydes is 1. The molecule has 1 aliphatic heterocycles. The summed E-state index contributed by atoms with van der Waals surface area (Å²) in [6.45, 7) is 14.9. The molecule has 3 atom stereocenters. The van der Waals surface area contributed by atoms with Crippen molar-refractivity contribution in [2.75, 3.05) is 7.11 Å². The molecule has 1 aliphatic rings. The molecule has 3 unspecified atom stereocenters. The fourth-order valence-electron chi connectivity index (χ4n) is 2.26. The molecule has 0 radical (unpaired) electrons. The summed E-state index contributed by atoms with van der Waals surface area (Å²) in [5.74, 6) is -0.124. The van der Waals surface area contributed by atoms with Crippen LogP contribution in [0.3, 0.4) is 0 Å². The second-order valence-electron chi connectivity index (χ2n) is 6.84. The first kappa shape index (κ1) is 31.4. The zero-order valence-electron chi connectivity index (χ0n) is 19.1. The van der Waals surface area contributed by atoms with E-state index in [9.17, 15) is 14.4 Å². The minimum absolute atomic E-state index is 0.0510. The number of hydrogen-bond donors (Lipinski definition) is 2. The van der Waals surface area contributed by atoms with Crippen molar-refractivity contribution in [3.05, 3.63) is 12.7 Å². The number of esters is 1. The summed E-state index contributed by atoms with van der Waals surface area (Å²) in [5, 5.41) is 5.64. The van der Waals surface area contributed by atoms with Crippen molar-refractivity contribution in [3.8, 4) is 12.8 Å². The number of carbonyl (C=O) groups excluding carboxylic acids is 3. The maximum Gasteiger partial charge on any atom is 0.408 e. The molecule has 1 saturated heterocycles. The smallest absolute Gasteiger partial charge is 0.408 e. The van der Waals surface area contributed by atoms with Crippen LogP contribution in [0, 0.1) is 12.8 Å². The maximum absolute atomic E-state index is 11.2.